The van der Waals surface area contributed by atoms with Crippen LogP contribution < -0.4 is 11.1 Å². The molecule has 4 nitrogen and oxygen atoms in total. The Morgan fingerprint density at radius 1 is 1.04 bits per heavy atom. The van der Waals surface area contributed by atoms with E-state index in [0.29, 0.717) is 13.0 Å². The molecule has 2 aromatic carbocycles. The molecule has 0 radical (unpaired) electrons. The molecule has 3 rings (SSSR count). The van der Waals surface area contributed by atoms with E-state index in [0.717, 1.165) is 31.6 Å². The normalized spacial score (nSPS) is 17.0. The summed E-state index contributed by atoms with van der Waals surface area (Å²) in [5.74, 6) is -0.00171. The Kier molecular flexibility index (Phi) is 7.64. The lowest BCUT2D eigenvalue weighted by Gasteiger charge is -2.38. The van der Waals surface area contributed by atoms with Crippen LogP contribution in [-0.2, 0) is 14.9 Å². The summed E-state index contributed by atoms with van der Waals surface area (Å²) in [6, 6.07) is 19.9. The first kappa shape index (κ1) is 20.4. The van der Waals surface area contributed by atoms with Gasteiger partial charge in [0.1, 0.15) is 0 Å². The Labute approximate surface area is 161 Å². The van der Waals surface area contributed by atoms with Gasteiger partial charge in [-0.15, -0.1) is 12.4 Å². The molecule has 1 heterocycles. The van der Waals surface area contributed by atoms with Crippen molar-refractivity contribution in [2.75, 3.05) is 19.8 Å². The first-order valence-electron chi connectivity index (χ1n) is 8.90. The highest BCUT2D eigenvalue weighted by molar-refractivity contribution is 5.85. The molecule has 1 saturated heterocycles. The van der Waals surface area contributed by atoms with Crippen LogP contribution in [-0.4, -0.2) is 25.7 Å². The molecule has 26 heavy (non-hydrogen) atoms. The van der Waals surface area contributed by atoms with Crippen LogP contribution in [0.1, 0.15) is 36.4 Å². The molecule has 1 aliphatic heterocycles. The Hall–Kier alpha value is -1.88. The molecule has 1 aliphatic rings. The average molecular weight is 375 g/mol. The maximum atomic E-state index is 12.4. The van der Waals surface area contributed by atoms with Crippen molar-refractivity contribution >= 4 is 18.3 Å². The van der Waals surface area contributed by atoms with Crippen LogP contribution in [0.5, 0.6) is 0 Å². The quantitative estimate of drug-likeness (QED) is 0.814. The second-order valence-electron chi connectivity index (χ2n) is 6.76. The molecule has 0 spiro atoms. The summed E-state index contributed by atoms with van der Waals surface area (Å²) in [5, 5.41) is 3.12. The van der Waals surface area contributed by atoms with Crippen molar-refractivity contribution in [1.29, 1.82) is 0 Å². The molecular formula is C21H27ClN2O2. The third-order valence-corrected chi connectivity index (χ3v) is 5.09. The van der Waals surface area contributed by atoms with Crippen LogP contribution in [0.3, 0.4) is 0 Å². The van der Waals surface area contributed by atoms with Crippen molar-refractivity contribution < 1.29 is 9.53 Å². The highest BCUT2D eigenvalue weighted by Gasteiger charge is 2.34. The maximum absolute atomic E-state index is 12.4. The molecule has 0 aliphatic carbocycles. The van der Waals surface area contributed by atoms with Crippen molar-refractivity contribution in [1.82, 2.24) is 5.32 Å². The van der Waals surface area contributed by atoms with Crippen LogP contribution in [0.2, 0.25) is 0 Å². The Balaban J connectivity index is 0.00000243. The fraction of sp³-hybridized carbons (Fsp3) is 0.381. The van der Waals surface area contributed by atoms with E-state index < -0.39 is 0 Å². The van der Waals surface area contributed by atoms with E-state index in [9.17, 15) is 4.79 Å². The second-order valence-corrected chi connectivity index (χ2v) is 6.76. The molecular weight excluding hydrogens is 348 g/mol. The zero-order valence-corrected chi connectivity index (χ0v) is 15.7. The van der Waals surface area contributed by atoms with Gasteiger partial charge >= 0.3 is 0 Å². The van der Waals surface area contributed by atoms with Gasteiger partial charge in [0, 0.05) is 37.6 Å². The molecule has 3 N–H and O–H groups in total. The van der Waals surface area contributed by atoms with Gasteiger partial charge in [-0.1, -0.05) is 60.7 Å². The summed E-state index contributed by atoms with van der Waals surface area (Å²) in [4.78, 5) is 12.4. The van der Waals surface area contributed by atoms with Gasteiger partial charge in [-0.25, -0.2) is 0 Å². The average Bonchev–Trinajstić information content (AvgIpc) is 2.68. The molecule has 1 unspecified atom stereocenters. The van der Waals surface area contributed by atoms with E-state index in [1.165, 1.54) is 5.56 Å². The fourth-order valence-electron chi connectivity index (χ4n) is 3.48. The number of rotatable bonds is 6. The highest BCUT2D eigenvalue weighted by Crippen LogP contribution is 2.34. The minimum absolute atomic E-state index is 0. The zero-order valence-electron chi connectivity index (χ0n) is 14.9. The summed E-state index contributed by atoms with van der Waals surface area (Å²) >= 11 is 0. The Morgan fingerprint density at radius 3 is 2.23 bits per heavy atom. The lowest BCUT2D eigenvalue weighted by molar-refractivity contribution is -0.122. The number of nitrogens with one attached hydrogen (secondary N) is 1. The van der Waals surface area contributed by atoms with E-state index in [-0.39, 0.29) is 29.8 Å². The van der Waals surface area contributed by atoms with Crippen LogP contribution in [0.4, 0.5) is 0 Å². The van der Waals surface area contributed by atoms with Crippen LogP contribution in [0.15, 0.2) is 60.7 Å². The number of ether oxygens (including phenoxy) is 1. The van der Waals surface area contributed by atoms with Gasteiger partial charge < -0.3 is 15.8 Å². The summed E-state index contributed by atoms with van der Waals surface area (Å²) in [7, 11) is 0. The topological polar surface area (TPSA) is 64.4 Å². The molecule has 1 atom stereocenters. The molecule has 1 fully saturated rings. The zero-order chi connectivity index (χ0) is 17.5. The second kappa shape index (κ2) is 9.72. The van der Waals surface area contributed by atoms with Crippen molar-refractivity contribution in [3.05, 3.63) is 71.8 Å². The molecule has 5 heteroatoms. The number of nitrogens with two attached hydrogens (primary N) is 1. The number of halogens is 1. The fourth-order valence-corrected chi connectivity index (χ4v) is 3.48. The molecule has 140 valence electrons. The van der Waals surface area contributed by atoms with Crippen molar-refractivity contribution in [2.45, 2.75) is 30.7 Å². The minimum atomic E-state index is -0.274. The first-order chi connectivity index (χ1) is 12.2. The number of benzene rings is 2. The summed E-state index contributed by atoms with van der Waals surface area (Å²) in [6.45, 7) is 2.09. The maximum Gasteiger partial charge on any atom is 0.221 e. The molecule has 1 amide bonds. The van der Waals surface area contributed by atoms with Crippen LogP contribution in [0, 0.1) is 0 Å². The van der Waals surface area contributed by atoms with E-state index in [2.05, 4.69) is 29.6 Å². The lowest BCUT2D eigenvalue weighted by Crippen LogP contribution is -2.45. The Morgan fingerprint density at radius 2 is 1.62 bits per heavy atom. The number of carbonyl (C=O) groups is 1. The monoisotopic (exact) mass is 374 g/mol. The lowest BCUT2D eigenvalue weighted by atomic mass is 9.74. The largest absolute Gasteiger partial charge is 0.381 e. The number of hydrogen-bond acceptors (Lipinski definition) is 3. The van der Waals surface area contributed by atoms with Crippen molar-refractivity contribution in [3.8, 4) is 0 Å². The number of carbonyl (C=O) groups excluding carboxylic acids is 1. The summed E-state index contributed by atoms with van der Waals surface area (Å²) < 4.78 is 5.54. The van der Waals surface area contributed by atoms with Gasteiger partial charge in [-0.3, -0.25) is 4.79 Å². The summed E-state index contributed by atoms with van der Waals surface area (Å²) in [6.07, 6.45) is 2.13. The predicted octanol–water partition coefficient (Wildman–Crippen LogP) is 3.36. The van der Waals surface area contributed by atoms with Crippen LogP contribution >= 0.6 is 12.4 Å². The van der Waals surface area contributed by atoms with E-state index in [4.69, 9.17) is 10.5 Å². The van der Waals surface area contributed by atoms with E-state index >= 15 is 0 Å². The third kappa shape index (κ3) is 5.07. The van der Waals surface area contributed by atoms with Gasteiger partial charge in [-0.2, -0.15) is 0 Å². The van der Waals surface area contributed by atoms with Gasteiger partial charge in [0.25, 0.3) is 0 Å². The first-order valence-corrected chi connectivity index (χ1v) is 8.90. The Bertz CT molecular complexity index is 673. The number of amides is 1. The van der Waals surface area contributed by atoms with E-state index in [1.807, 2.05) is 36.4 Å². The van der Waals surface area contributed by atoms with Crippen molar-refractivity contribution in [2.24, 2.45) is 5.73 Å². The third-order valence-electron chi connectivity index (χ3n) is 5.09. The van der Waals surface area contributed by atoms with Gasteiger partial charge in [0.15, 0.2) is 0 Å². The van der Waals surface area contributed by atoms with Gasteiger partial charge in [0.2, 0.25) is 5.91 Å². The van der Waals surface area contributed by atoms with E-state index in [1.54, 1.807) is 0 Å². The molecule has 0 aromatic heterocycles. The van der Waals surface area contributed by atoms with Gasteiger partial charge in [0.05, 0.1) is 0 Å². The minimum Gasteiger partial charge on any atom is -0.381 e. The molecule has 2 aromatic rings. The molecule has 0 saturated carbocycles. The molecule has 0 bridgehead atoms. The van der Waals surface area contributed by atoms with Gasteiger partial charge in [-0.05, 0) is 24.0 Å². The standard InChI is InChI=1S/C21H26N2O2.ClH/c22-19(17-7-3-1-4-8-17)15-20(24)23-16-21(11-13-25-14-12-21)18-9-5-2-6-10-18;/h1-10,19H,11-16,22H2,(H,23,24);1H. The van der Waals surface area contributed by atoms with Crippen LogP contribution in [0.25, 0.3) is 0 Å². The SMILES string of the molecule is Cl.NC(CC(=O)NCC1(c2ccccc2)CCOCC1)c1ccccc1. The predicted molar refractivity (Wildman–Crippen MR) is 106 cm³/mol. The number of hydrogen-bond donors (Lipinski definition) is 2. The highest BCUT2D eigenvalue weighted by atomic mass is 35.5. The van der Waals surface area contributed by atoms with Crippen molar-refractivity contribution in [3.63, 3.8) is 0 Å². The summed E-state index contributed by atoms with van der Waals surface area (Å²) in [5.41, 5.74) is 8.38. The smallest absolute Gasteiger partial charge is 0.221 e.